The van der Waals surface area contributed by atoms with Gasteiger partial charge in [-0.1, -0.05) is 12.1 Å². The van der Waals surface area contributed by atoms with Crippen molar-refractivity contribution in [1.82, 2.24) is 19.3 Å². The van der Waals surface area contributed by atoms with Crippen LogP contribution in [0, 0.1) is 0 Å². The summed E-state index contributed by atoms with van der Waals surface area (Å²) in [5, 5.41) is 1.95. The third-order valence-electron chi connectivity index (χ3n) is 4.43. The molecule has 0 atom stereocenters. The molecule has 0 spiro atoms. The van der Waals surface area contributed by atoms with Crippen LogP contribution in [0.25, 0.3) is 16.1 Å². The monoisotopic (exact) mass is 353 g/mol. The van der Waals surface area contributed by atoms with Crippen molar-refractivity contribution < 1.29 is 9.21 Å². The van der Waals surface area contributed by atoms with Gasteiger partial charge in [0.05, 0.1) is 0 Å². The number of para-hydroxylation sites is 2. The Bertz CT molecular complexity index is 996. The number of imidazole rings is 1. The lowest BCUT2D eigenvalue weighted by atomic mass is 10.3. The molecule has 1 fully saturated rings. The lowest BCUT2D eigenvalue weighted by molar-refractivity contribution is 0.0740. The average molecular weight is 353 g/mol. The normalized spacial score (nSPS) is 15.4. The van der Waals surface area contributed by atoms with Crippen molar-refractivity contribution in [3.8, 4) is 0 Å². The van der Waals surface area contributed by atoms with Gasteiger partial charge in [-0.3, -0.25) is 9.20 Å². The minimum Gasteiger partial charge on any atom is -0.423 e. The van der Waals surface area contributed by atoms with Gasteiger partial charge in [0.15, 0.2) is 10.5 Å². The predicted octanol–water partition coefficient (Wildman–Crippen LogP) is 2.50. The molecule has 0 unspecified atom stereocenters. The first kappa shape index (κ1) is 14.5. The number of anilines is 1. The van der Waals surface area contributed by atoms with Gasteiger partial charge >= 0.3 is 0 Å². The Hall–Kier alpha value is -2.87. The molecule has 7 nitrogen and oxygen atoms in total. The molecular formula is C17H15N5O2S. The van der Waals surface area contributed by atoms with Crippen LogP contribution in [0.15, 0.2) is 46.5 Å². The number of thiazole rings is 1. The molecule has 3 aromatic heterocycles. The first-order chi connectivity index (χ1) is 12.3. The summed E-state index contributed by atoms with van der Waals surface area (Å²) < 4.78 is 7.70. The van der Waals surface area contributed by atoms with Gasteiger partial charge in [-0.25, -0.2) is 4.98 Å². The first-order valence-electron chi connectivity index (χ1n) is 8.10. The highest BCUT2D eigenvalue weighted by molar-refractivity contribution is 7.15. The number of aromatic nitrogens is 3. The molecule has 0 radical (unpaired) electrons. The van der Waals surface area contributed by atoms with Crippen LogP contribution in [0.2, 0.25) is 0 Å². The number of carbonyl (C=O) groups excluding carboxylic acids is 1. The van der Waals surface area contributed by atoms with Crippen LogP contribution in [-0.4, -0.2) is 51.4 Å². The number of piperazine rings is 1. The number of fused-ring (bicyclic) bond motifs is 2. The molecule has 1 aromatic carbocycles. The van der Waals surface area contributed by atoms with Crippen molar-refractivity contribution in [2.75, 3.05) is 31.1 Å². The van der Waals surface area contributed by atoms with E-state index >= 15 is 0 Å². The van der Waals surface area contributed by atoms with Crippen LogP contribution in [0.1, 0.15) is 10.5 Å². The number of oxazole rings is 1. The molecule has 1 aliphatic heterocycles. The molecule has 0 aliphatic carbocycles. The highest BCUT2D eigenvalue weighted by atomic mass is 32.1. The molecule has 25 heavy (non-hydrogen) atoms. The molecule has 0 bridgehead atoms. The van der Waals surface area contributed by atoms with E-state index < -0.39 is 0 Å². The van der Waals surface area contributed by atoms with Crippen LogP contribution in [0.5, 0.6) is 0 Å². The Morgan fingerprint density at radius 2 is 1.96 bits per heavy atom. The third-order valence-corrected chi connectivity index (χ3v) is 5.20. The fourth-order valence-corrected chi connectivity index (χ4v) is 3.79. The van der Waals surface area contributed by atoms with Gasteiger partial charge < -0.3 is 14.2 Å². The number of hydrogen-bond donors (Lipinski definition) is 0. The van der Waals surface area contributed by atoms with E-state index in [1.807, 2.05) is 45.1 Å². The summed E-state index contributed by atoms with van der Waals surface area (Å²) in [6.45, 7) is 2.65. The molecule has 0 N–H and O–H groups in total. The second-order valence-corrected chi connectivity index (χ2v) is 6.84. The number of rotatable bonds is 2. The smallest absolute Gasteiger partial charge is 0.298 e. The van der Waals surface area contributed by atoms with Crippen molar-refractivity contribution in [2.24, 2.45) is 0 Å². The summed E-state index contributed by atoms with van der Waals surface area (Å²) in [6, 6.07) is 8.35. The van der Waals surface area contributed by atoms with Crippen molar-refractivity contribution in [3.05, 3.63) is 47.7 Å². The molecule has 1 saturated heterocycles. The third kappa shape index (κ3) is 2.45. The number of nitrogens with zero attached hydrogens (tertiary/aromatic N) is 5. The fraction of sp³-hybridized carbons (Fsp3) is 0.235. The maximum atomic E-state index is 12.6. The summed E-state index contributed by atoms with van der Waals surface area (Å²) in [6.07, 6.45) is 3.70. The lowest BCUT2D eigenvalue weighted by Crippen LogP contribution is -2.49. The van der Waals surface area contributed by atoms with Crippen molar-refractivity contribution in [2.45, 2.75) is 0 Å². The maximum Gasteiger partial charge on any atom is 0.298 e. The highest BCUT2D eigenvalue weighted by Gasteiger charge is 2.26. The molecular weight excluding hydrogens is 338 g/mol. The van der Waals surface area contributed by atoms with Gasteiger partial charge in [-0.05, 0) is 12.1 Å². The largest absolute Gasteiger partial charge is 0.423 e. The van der Waals surface area contributed by atoms with Crippen LogP contribution >= 0.6 is 11.3 Å². The minimum absolute atomic E-state index is 0.0203. The molecule has 0 saturated carbocycles. The van der Waals surface area contributed by atoms with Gasteiger partial charge in [0, 0.05) is 44.0 Å². The van der Waals surface area contributed by atoms with E-state index in [4.69, 9.17) is 4.42 Å². The second kappa shape index (κ2) is 5.59. The Morgan fingerprint density at radius 3 is 2.76 bits per heavy atom. The SMILES string of the molecule is O=C(c1cn2ccsc2n1)N1CCN(c2nc3ccccc3o2)CC1. The lowest BCUT2D eigenvalue weighted by Gasteiger charge is -2.33. The number of benzene rings is 1. The predicted molar refractivity (Wildman–Crippen MR) is 95.2 cm³/mol. The van der Waals surface area contributed by atoms with Crippen molar-refractivity contribution >= 4 is 39.3 Å². The number of hydrogen-bond acceptors (Lipinski definition) is 6. The minimum atomic E-state index is -0.0203. The molecule has 4 heterocycles. The highest BCUT2D eigenvalue weighted by Crippen LogP contribution is 2.23. The second-order valence-electron chi connectivity index (χ2n) is 5.96. The van der Waals surface area contributed by atoms with Crippen LogP contribution < -0.4 is 4.90 Å². The van der Waals surface area contributed by atoms with Gasteiger partial charge in [0.2, 0.25) is 0 Å². The fourth-order valence-electron chi connectivity index (χ4n) is 3.09. The van der Waals surface area contributed by atoms with E-state index in [1.165, 1.54) is 11.3 Å². The Balaban J connectivity index is 1.30. The summed E-state index contributed by atoms with van der Waals surface area (Å²) in [5.41, 5.74) is 2.14. The van der Waals surface area contributed by atoms with Gasteiger partial charge in [-0.2, -0.15) is 4.98 Å². The molecule has 5 rings (SSSR count). The first-order valence-corrected chi connectivity index (χ1v) is 8.98. The molecule has 4 aromatic rings. The Kier molecular flexibility index (Phi) is 3.24. The van der Waals surface area contributed by atoms with Gasteiger partial charge in [0.1, 0.15) is 11.2 Å². The standard InChI is InChI=1S/C17H15N5O2S/c23-15(13-11-22-9-10-25-17(22)19-13)20-5-7-21(8-6-20)16-18-12-3-1-2-4-14(12)24-16/h1-4,9-11H,5-8H2. The Morgan fingerprint density at radius 1 is 1.12 bits per heavy atom. The van der Waals surface area contributed by atoms with Crippen molar-refractivity contribution in [3.63, 3.8) is 0 Å². The van der Waals surface area contributed by atoms with E-state index in [2.05, 4.69) is 14.9 Å². The quantitative estimate of drug-likeness (QED) is 0.554. The van der Waals surface area contributed by atoms with E-state index in [1.54, 1.807) is 6.20 Å². The van der Waals surface area contributed by atoms with Gasteiger partial charge in [0.25, 0.3) is 11.9 Å². The van der Waals surface area contributed by atoms with Crippen LogP contribution in [-0.2, 0) is 0 Å². The summed E-state index contributed by atoms with van der Waals surface area (Å²) in [4.78, 5) is 26.3. The zero-order valence-electron chi connectivity index (χ0n) is 13.3. The maximum absolute atomic E-state index is 12.6. The number of carbonyl (C=O) groups is 1. The average Bonchev–Trinajstić information content (AvgIpc) is 3.35. The molecule has 126 valence electrons. The van der Waals surface area contributed by atoms with Crippen molar-refractivity contribution in [1.29, 1.82) is 0 Å². The summed E-state index contributed by atoms with van der Waals surface area (Å²) >= 11 is 1.52. The topological polar surface area (TPSA) is 66.9 Å². The summed E-state index contributed by atoms with van der Waals surface area (Å²) in [5.74, 6) is -0.0203. The van der Waals surface area contributed by atoms with E-state index in [9.17, 15) is 4.79 Å². The zero-order valence-corrected chi connectivity index (χ0v) is 14.1. The Labute approximate surface area is 147 Å². The summed E-state index contributed by atoms with van der Waals surface area (Å²) in [7, 11) is 0. The number of amides is 1. The van der Waals surface area contributed by atoms with Crippen LogP contribution in [0.3, 0.4) is 0 Å². The van der Waals surface area contributed by atoms with E-state index in [-0.39, 0.29) is 5.91 Å². The zero-order chi connectivity index (χ0) is 16.8. The molecule has 8 heteroatoms. The molecule has 1 aliphatic rings. The van der Waals surface area contributed by atoms with E-state index in [0.717, 1.165) is 16.1 Å². The van der Waals surface area contributed by atoms with Gasteiger partial charge in [-0.15, -0.1) is 11.3 Å². The molecule has 1 amide bonds. The van der Waals surface area contributed by atoms with Crippen LogP contribution in [0.4, 0.5) is 6.01 Å². The van der Waals surface area contributed by atoms with E-state index in [0.29, 0.717) is 37.9 Å².